The van der Waals surface area contributed by atoms with E-state index in [1.54, 1.807) is 25.3 Å². The number of halogens is 2. The molecule has 0 aliphatic carbocycles. The Hall–Kier alpha value is -1.77. The smallest absolute Gasteiger partial charge is 0.293 e. The molecule has 2 aromatic rings. The highest BCUT2D eigenvalue weighted by atomic mass is 79.9. The van der Waals surface area contributed by atoms with Crippen molar-refractivity contribution in [2.75, 3.05) is 13.7 Å². The van der Waals surface area contributed by atoms with E-state index in [2.05, 4.69) is 31.9 Å². The van der Waals surface area contributed by atoms with E-state index in [1.807, 2.05) is 31.2 Å². The van der Waals surface area contributed by atoms with Crippen LogP contribution in [0.25, 0.3) is 6.08 Å². The molecule has 0 bridgehead atoms. The molecule has 1 aliphatic rings. The van der Waals surface area contributed by atoms with Crippen LogP contribution in [0.1, 0.15) is 18.1 Å². The fourth-order valence-electron chi connectivity index (χ4n) is 2.68. The van der Waals surface area contributed by atoms with Gasteiger partial charge in [-0.15, -0.1) is 0 Å². The molecule has 0 saturated carbocycles. The van der Waals surface area contributed by atoms with E-state index in [1.165, 1.54) is 4.90 Å². The zero-order chi connectivity index (χ0) is 20.3. The minimum atomic E-state index is -0.310. The molecule has 0 spiro atoms. The van der Waals surface area contributed by atoms with Gasteiger partial charge in [-0.2, -0.15) is 0 Å². The number of benzene rings is 2. The van der Waals surface area contributed by atoms with E-state index in [9.17, 15) is 9.59 Å². The topological polar surface area (TPSA) is 55.8 Å². The predicted molar refractivity (Wildman–Crippen MR) is 118 cm³/mol. The molecule has 0 N–H and O–H groups in total. The molecule has 3 rings (SSSR count). The first kappa shape index (κ1) is 21.0. The lowest BCUT2D eigenvalue weighted by Gasteiger charge is -2.13. The Kier molecular flexibility index (Phi) is 6.85. The highest BCUT2D eigenvalue weighted by Crippen LogP contribution is 2.38. The molecule has 0 aromatic heterocycles. The van der Waals surface area contributed by atoms with Crippen molar-refractivity contribution in [3.63, 3.8) is 0 Å². The van der Waals surface area contributed by atoms with Crippen molar-refractivity contribution in [1.29, 1.82) is 0 Å². The Balaban J connectivity index is 1.87. The van der Waals surface area contributed by atoms with E-state index in [4.69, 9.17) is 9.47 Å². The van der Waals surface area contributed by atoms with Gasteiger partial charge in [0.05, 0.1) is 25.2 Å². The maximum absolute atomic E-state index is 12.8. The highest BCUT2D eigenvalue weighted by molar-refractivity contribution is 9.10. The van der Waals surface area contributed by atoms with E-state index in [0.29, 0.717) is 23.0 Å². The van der Waals surface area contributed by atoms with Crippen LogP contribution in [-0.4, -0.2) is 29.8 Å². The van der Waals surface area contributed by atoms with Gasteiger partial charge < -0.3 is 9.47 Å². The van der Waals surface area contributed by atoms with Crippen LogP contribution in [-0.2, 0) is 11.3 Å². The second kappa shape index (κ2) is 9.15. The van der Waals surface area contributed by atoms with Crippen LogP contribution in [0.2, 0.25) is 0 Å². The number of rotatable bonds is 6. The highest BCUT2D eigenvalue weighted by Gasteiger charge is 2.35. The molecule has 8 heteroatoms. The quantitative estimate of drug-likeness (QED) is 0.441. The molecule has 5 nitrogen and oxygen atoms in total. The summed E-state index contributed by atoms with van der Waals surface area (Å²) < 4.78 is 12.6. The fraction of sp³-hybridized carbons (Fsp3) is 0.200. The molecular formula is C20H17Br2NO4S. The molecule has 0 radical (unpaired) electrons. The summed E-state index contributed by atoms with van der Waals surface area (Å²) in [6.45, 7) is 2.63. The van der Waals surface area contributed by atoms with Crippen molar-refractivity contribution < 1.29 is 19.1 Å². The van der Waals surface area contributed by atoms with Crippen LogP contribution in [0.4, 0.5) is 4.79 Å². The minimum absolute atomic E-state index is 0.231. The summed E-state index contributed by atoms with van der Waals surface area (Å²) in [6, 6.07) is 11.1. The van der Waals surface area contributed by atoms with Crippen molar-refractivity contribution in [3.05, 3.63) is 61.4 Å². The number of ether oxygens (including phenoxy) is 2. The van der Waals surface area contributed by atoms with Gasteiger partial charge in [0.15, 0.2) is 11.5 Å². The van der Waals surface area contributed by atoms with E-state index in [0.717, 1.165) is 31.8 Å². The summed E-state index contributed by atoms with van der Waals surface area (Å²) in [4.78, 5) is 26.8. The number of amides is 2. The number of methoxy groups -OCH3 is 1. The number of carbonyl (C=O) groups is 2. The summed E-state index contributed by atoms with van der Waals surface area (Å²) >= 11 is 7.83. The van der Waals surface area contributed by atoms with Crippen LogP contribution >= 0.6 is 43.6 Å². The van der Waals surface area contributed by atoms with Crippen LogP contribution in [0, 0.1) is 0 Å². The molecular weight excluding hydrogens is 510 g/mol. The Morgan fingerprint density at radius 2 is 1.93 bits per heavy atom. The molecule has 1 fully saturated rings. The van der Waals surface area contributed by atoms with Gasteiger partial charge in [0.2, 0.25) is 0 Å². The number of carbonyl (C=O) groups excluding carboxylic acids is 2. The second-order valence-electron chi connectivity index (χ2n) is 5.86. The van der Waals surface area contributed by atoms with E-state index >= 15 is 0 Å². The fourth-order valence-corrected chi connectivity index (χ4v) is 4.40. The van der Waals surface area contributed by atoms with Gasteiger partial charge in [-0.25, -0.2) is 0 Å². The van der Waals surface area contributed by atoms with Crippen molar-refractivity contribution in [2.24, 2.45) is 0 Å². The average Bonchev–Trinajstić information content (AvgIpc) is 2.91. The molecule has 2 amide bonds. The molecule has 0 unspecified atom stereocenters. The van der Waals surface area contributed by atoms with Crippen molar-refractivity contribution >= 4 is 60.8 Å². The number of hydrogen-bond acceptors (Lipinski definition) is 5. The SMILES string of the molecule is CCOc1cc(Br)c(/C=C2\SC(=O)N(Cc3cccc(Br)c3)C2=O)cc1OC. The lowest BCUT2D eigenvalue weighted by Crippen LogP contribution is -2.27. The van der Waals surface area contributed by atoms with Crippen LogP contribution in [0.3, 0.4) is 0 Å². The monoisotopic (exact) mass is 525 g/mol. The Labute approximate surface area is 184 Å². The first-order chi connectivity index (χ1) is 13.4. The van der Waals surface area contributed by atoms with Crippen LogP contribution < -0.4 is 9.47 Å². The van der Waals surface area contributed by atoms with Crippen molar-refractivity contribution in [1.82, 2.24) is 4.90 Å². The summed E-state index contributed by atoms with van der Waals surface area (Å²) in [5.74, 6) is 0.858. The van der Waals surface area contributed by atoms with Crippen LogP contribution in [0.15, 0.2) is 50.2 Å². The number of hydrogen-bond donors (Lipinski definition) is 0. The van der Waals surface area contributed by atoms with Gasteiger partial charge >= 0.3 is 0 Å². The minimum Gasteiger partial charge on any atom is -0.493 e. The Morgan fingerprint density at radius 1 is 1.14 bits per heavy atom. The summed E-state index contributed by atoms with van der Waals surface area (Å²) in [7, 11) is 1.56. The first-order valence-electron chi connectivity index (χ1n) is 8.43. The number of imide groups is 1. The molecule has 0 atom stereocenters. The molecule has 2 aromatic carbocycles. The molecule has 1 saturated heterocycles. The van der Waals surface area contributed by atoms with Gasteiger partial charge in [-0.1, -0.05) is 44.0 Å². The maximum Gasteiger partial charge on any atom is 0.293 e. The van der Waals surface area contributed by atoms with Gasteiger partial charge in [0.25, 0.3) is 11.1 Å². The van der Waals surface area contributed by atoms with Crippen LogP contribution in [0.5, 0.6) is 11.5 Å². The third kappa shape index (κ3) is 4.61. The lowest BCUT2D eigenvalue weighted by atomic mass is 10.1. The van der Waals surface area contributed by atoms with Crippen molar-refractivity contribution in [3.8, 4) is 11.5 Å². The number of nitrogens with zero attached hydrogens (tertiary/aromatic N) is 1. The lowest BCUT2D eigenvalue weighted by molar-refractivity contribution is -0.123. The summed E-state index contributed by atoms with van der Waals surface area (Å²) in [6.07, 6.45) is 1.69. The third-order valence-electron chi connectivity index (χ3n) is 3.97. The van der Waals surface area contributed by atoms with E-state index < -0.39 is 0 Å². The first-order valence-corrected chi connectivity index (χ1v) is 10.8. The van der Waals surface area contributed by atoms with Gasteiger partial charge in [-0.3, -0.25) is 14.5 Å². The zero-order valence-corrected chi connectivity index (χ0v) is 19.2. The van der Waals surface area contributed by atoms with Gasteiger partial charge in [0, 0.05) is 8.95 Å². The second-order valence-corrected chi connectivity index (χ2v) is 8.62. The normalized spacial score (nSPS) is 15.4. The number of thioether (sulfide) groups is 1. The summed E-state index contributed by atoms with van der Waals surface area (Å²) in [5, 5.41) is -0.287. The average molecular weight is 527 g/mol. The standard InChI is InChI=1S/C20H17Br2NO4S/c1-3-27-17-10-15(22)13(8-16(17)26-2)9-18-19(24)23(20(25)28-18)11-12-5-4-6-14(21)7-12/h4-10H,3,11H2,1-2H3/b18-9-. The summed E-state index contributed by atoms with van der Waals surface area (Å²) in [5.41, 5.74) is 1.61. The Bertz CT molecular complexity index is 961. The molecule has 1 heterocycles. The molecule has 146 valence electrons. The van der Waals surface area contributed by atoms with Gasteiger partial charge in [-0.05, 0) is 60.2 Å². The largest absolute Gasteiger partial charge is 0.493 e. The van der Waals surface area contributed by atoms with E-state index in [-0.39, 0.29) is 17.7 Å². The molecule has 1 aliphatic heterocycles. The van der Waals surface area contributed by atoms with Crippen molar-refractivity contribution in [2.45, 2.75) is 13.5 Å². The predicted octanol–water partition coefficient (Wildman–Crippen LogP) is 5.86. The van der Waals surface area contributed by atoms with Gasteiger partial charge in [0.1, 0.15) is 0 Å². The molecule has 28 heavy (non-hydrogen) atoms. The maximum atomic E-state index is 12.8. The third-order valence-corrected chi connectivity index (χ3v) is 6.06. The Morgan fingerprint density at radius 3 is 2.61 bits per heavy atom. The zero-order valence-electron chi connectivity index (χ0n) is 15.2.